The van der Waals surface area contributed by atoms with Crippen LogP contribution in [0.5, 0.6) is 0 Å². The van der Waals surface area contributed by atoms with Gasteiger partial charge in [0, 0.05) is 31.7 Å². The van der Waals surface area contributed by atoms with Crippen LogP contribution in [0.3, 0.4) is 0 Å². The van der Waals surface area contributed by atoms with Crippen molar-refractivity contribution < 1.29 is 14.3 Å². The van der Waals surface area contributed by atoms with E-state index >= 15 is 0 Å². The molecule has 2 saturated heterocycles. The lowest BCUT2D eigenvalue weighted by atomic mass is 9.95. The van der Waals surface area contributed by atoms with E-state index in [2.05, 4.69) is 15.5 Å². The lowest BCUT2D eigenvalue weighted by Gasteiger charge is -2.36. The molecule has 0 saturated carbocycles. The first-order chi connectivity index (χ1) is 13.2. The molecule has 1 unspecified atom stereocenters. The van der Waals surface area contributed by atoms with Crippen LogP contribution in [0.15, 0.2) is 30.6 Å². The van der Waals surface area contributed by atoms with E-state index in [0.29, 0.717) is 45.0 Å². The van der Waals surface area contributed by atoms with Crippen LogP contribution in [0, 0.1) is 5.92 Å². The minimum absolute atomic E-state index is 0.0438. The Bertz CT molecular complexity index is 786. The molecule has 3 heterocycles. The summed E-state index contributed by atoms with van der Waals surface area (Å²) in [5.74, 6) is -0.0242. The maximum absolute atomic E-state index is 12.9. The molecule has 1 aromatic heterocycles. The minimum atomic E-state index is -0.124. The van der Waals surface area contributed by atoms with Crippen LogP contribution >= 0.6 is 0 Å². The number of ether oxygens (including phenoxy) is 1. The summed E-state index contributed by atoms with van der Waals surface area (Å²) in [6.45, 7) is 3.62. The first-order valence-electron chi connectivity index (χ1n) is 9.21. The summed E-state index contributed by atoms with van der Waals surface area (Å²) in [4.78, 5) is 29.3. The number of likely N-dealkylation sites (tertiary alicyclic amines) is 1. The summed E-state index contributed by atoms with van der Waals surface area (Å²) in [6.07, 6.45) is 3.18. The fourth-order valence-corrected chi connectivity index (χ4v) is 3.62. The molecule has 27 heavy (non-hydrogen) atoms. The molecule has 2 amide bonds. The molecule has 0 N–H and O–H groups in total. The second-order valence-corrected chi connectivity index (χ2v) is 6.83. The normalized spacial score (nSPS) is 20.5. The van der Waals surface area contributed by atoms with E-state index < -0.39 is 0 Å². The number of nitrogens with zero attached hydrogens (tertiary/aromatic N) is 6. The van der Waals surface area contributed by atoms with Gasteiger partial charge in [-0.15, -0.1) is 5.10 Å². The molecule has 0 radical (unpaired) electrons. The summed E-state index contributed by atoms with van der Waals surface area (Å²) in [5, 5.41) is 11.0. The van der Waals surface area contributed by atoms with Crippen LogP contribution in [-0.2, 0) is 9.53 Å². The Morgan fingerprint density at radius 2 is 1.81 bits per heavy atom. The third kappa shape index (κ3) is 3.82. The fraction of sp³-hybridized carbons (Fsp3) is 0.500. The molecule has 0 spiro atoms. The topological polar surface area (TPSA) is 93.5 Å². The van der Waals surface area contributed by atoms with Crippen molar-refractivity contribution in [3.8, 4) is 5.69 Å². The van der Waals surface area contributed by atoms with E-state index in [1.54, 1.807) is 17.0 Å². The van der Waals surface area contributed by atoms with Gasteiger partial charge in [0.1, 0.15) is 6.33 Å². The average molecular weight is 370 g/mol. The first-order valence-corrected chi connectivity index (χ1v) is 9.21. The van der Waals surface area contributed by atoms with Crippen molar-refractivity contribution in [1.29, 1.82) is 0 Å². The number of amides is 2. The number of piperidine rings is 1. The van der Waals surface area contributed by atoms with Crippen molar-refractivity contribution in [3.63, 3.8) is 0 Å². The maximum Gasteiger partial charge on any atom is 0.253 e. The van der Waals surface area contributed by atoms with Gasteiger partial charge in [0.05, 0.1) is 24.8 Å². The van der Waals surface area contributed by atoms with Gasteiger partial charge in [-0.1, -0.05) is 0 Å². The Morgan fingerprint density at radius 1 is 1.04 bits per heavy atom. The van der Waals surface area contributed by atoms with Gasteiger partial charge in [-0.3, -0.25) is 9.59 Å². The molecule has 2 aromatic rings. The van der Waals surface area contributed by atoms with E-state index in [1.165, 1.54) is 11.0 Å². The predicted molar refractivity (Wildman–Crippen MR) is 95.2 cm³/mol. The number of rotatable bonds is 3. The summed E-state index contributed by atoms with van der Waals surface area (Å²) < 4.78 is 6.85. The van der Waals surface area contributed by atoms with E-state index in [0.717, 1.165) is 18.5 Å². The molecule has 4 rings (SSSR count). The smallest absolute Gasteiger partial charge is 0.253 e. The van der Waals surface area contributed by atoms with Crippen molar-refractivity contribution in [3.05, 3.63) is 36.2 Å². The lowest BCUT2D eigenvalue weighted by Crippen LogP contribution is -2.49. The van der Waals surface area contributed by atoms with E-state index in [4.69, 9.17) is 4.74 Å². The average Bonchev–Trinajstić information content (AvgIpc) is 3.28. The van der Waals surface area contributed by atoms with E-state index in [1.807, 2.05) is 17.0 Å². The third-order valence-electron chi connectivity index (χ3n) is 5.11. The number of hydrogen-bond donors (Lipinski definition) is 0. The predicted octanol–water partition coefficient (Wildman–Crippen LogP) is 0.373. The highest BCUT2D eigenvalue weighted by Crippen LogP contribution is 2.21. The van der Waals surface area contributed by atoms with Crippen LogP contribution in [0.1, 0.15) is 23.2 Å². The van der Waals surface area contributed by atoms with Crippen LogP contribution in [0.25, 0.3) is 5.69 Å². The fourth-order valence-electron chi connectivity index (χ4n) is 3.62. The highest BCUT2D eigenvalue weighted by Gasteiger charge is 2.32. The minimum Gasteiger partial charge on any atom is -0.378 e. The molecular weight excluding hydrogens is 348 g/mol. The number of carbonyl (C=O) groups is 2. The summed E-state index contributed by atoms with van der Waals surface area (Å²) >= 11 is 0. The third-order valence-corrected chi connectivity index (χ3v) is 5.11. The molecule has 1 aromatic carbocycles. The maximum atomic E-state index is 12.9. The Labute approximate surface area is 156 Å². The molecule has 2 fully saturated rings. The van der Waals surface area contributed by atoms with Gasteiger partial charge >= 0.3 is 0 Å². The number of tetrazole rings is 1. The summed E-state index contributed by atoms with van der Waals surface area (Å²) in [6, 6.07) is 7.16. The Balaban J connectivity index is 1.41. The zero-order valence-corrected chi connectivity index (χ0v) is 15.0. The zero-order chi connectivity index (χ0) is 18.6. The van der Waals surface area contributed by atoms with Crippen LogP contribution in [0.4, 0.5) is 0 Å². The number of benzene rings is 1. The van der Waals surface area contributed by atoms with E-state index in [-0.39, 0.29) is 17.7 Å². The molecule has 9 nitrogen and oxygen atoms in total. The van der Waals surface area contributed by atoms with Gasteiger partial charge in [-0.25, -0.2) is 4.68 Å². The Kier molecular flexibility index (Phi) is 5.10. The molecule has 142 valence electrons. The molecule has 0 aliphatic carbocycles. The van der Waals surface area contributed by atoms with Crippen LogP contribution in [0.2, 0.25) is 0 Å². The lowest BCUT2D eigenvalue weighted by molar-refractivity contribution is -0.141. The van der Waals surface area contributed by atoms with Crippen molar-refractivity contribution in [2.24, 2.45) is 5.92 Å². The molecule has 9 heteroatoms. The van der Waals surface area contributed by atoms with Gasteiger partial charge in [-0.05, 0) is 47.5 Å². The van der Waals surface area contributed by atoms with Crippen molar-refractivity contribution >= 4 is 11.8 Å². The second kappa shape index (κ2) is 7.83. The van der Waals surface area contributed by atoms with Gasteiger partial charge in [0.2, 0.25) is 5.91 Å². The Hall–Kier alpha value is -2.81. The largest absolute Gasteiger partial charge is 0.378 e. The van der Waals surface area contributed by atoms with Crippen molar-refractivity contribution in [2.45, 2.75) is 12.8 Å². The number of aromatic nitrogens is 4. The zero-order valence-electron chi connectivity index (χ0n) is 15.0. The van der Waals surface area contributed by atoms with Crippen molar-refractivity contribution in [1.82, 2.24) is 30.0 Å². The van der Waals surface area contributed by atoms with Gasteiger partial charge in [0.25, 0.3) is 5.91 Å². The van der Waals surface area contributed by atoms with Gasteiger partial charge < -0.3 is 14.5 Å². The van der Waals surface area contributed by atoms with Crippen molar-refractivity contribution in [2.75, 3.05) is 39.4 Å². The highest BCUT2D eigenvalue weighted by molar-refractivity contribution is 5.95. The van der Waals surface area contributed by atoms with Crippen LogP contribution in [-0.4, -0.2) is 81.2 Å². The summed E-state index contributed by atoms with van der Waals surface area (Å²) in [5.41, 5.74) is 1.39. The molecule has 1 atom stereocenters. The summed E-state index contributed by atoms with van der Waals surface area (Å²) in [7, 11) is 0. The highest BCUT2D eigenvalue weighted by atomic mass is 16.5. The molecule has 2 aliphatic rings. The van der Waals surface area contributed by atoms with E-state index in [9.17, 15) is 9.59 Å². The van der Waals surface area contributed by atoms with Gasteiger partial charge in [0.15, 0.2) is 0 Å². The molecule has 2 aliphatic heterocycles. The number of morpholine rings is 1. The number of hydrogen-bond acceptors (Lipinski definition) is 6. The van der Waals surface area contributed by atoms with Crippen LogP contribution < -0.4 is 0 Å². The second-order valence-electron chi connectivity index (χ2n) is 6.83. The molecular formula is C18H22N6O3. The van der Waals surface area contributed by atoms with Gasteiger partial charge in [-0.2, -0.15) is 0 Å². The number of carbonyl (C=O) groups excluding carboxylic acids is 2. The first kappa shape index (κ1) is 17.6. The molecule has 0 bridgehead atoms. The Morgan fingerprint density at radius 3 is 2.52 bits per heavy atom. The SMILES string of the molecule is O=C(c1ccc(-n2cnnn2)cc1)N1CCCC(C(=O)N2CCOCC2)C1. The monoisotopic (exact) mass is 370 g/mol. The quantitative estimate of drug-likeness (QED) is 0.775. The standard InChI is InChI=1S/C18H22N6O3/c25-17(14-3-5-16(6-4-14)24-13-19-20-21-24)23-7-1-2-15(12-23)18(26)22-8-10-27-11-9-22/h3-6,13,15H,1-2,7-12H2.